The summed E-state index contributed by atoms with van der Waals surface area (Å²) in [5.74, 6) is -0.227. The number of amides is 1. The van der Waals surface area contributed by atoms with Crippen LogP contribution in [0.3, 0.4) is 0 Å². The summed E-state index contributed by atoms with van der Waals surface area (Å²) in [7, 11) is 0. The minimum absolute atomic E-state index is 0.0466. The highest BCUT2D eigenvalue weighted by Gasteiger charge is 2.22. The van der Waals surface area contributed by atoms with Crippen molar-refractivity contribution in [3.8, 4) is 0 Å². The second-order valence-electron chi connectivity index (χ2n) is 4.47. The maximum absolute atomic E-state index is 11.7. The van der Waals surface area contributed by atoms with Crippen LogP contribution >= 0.6 is 11.6 Å². The van der Waals surface area contributed by atoms with Gasteiger partial charge in [-0.2, -0.15) is 0 Å². The number of rotatable bonds is 5. The Hall–Kier alpha value is -1.75. The van der Waals surface area contributed by atoms with E-state index in [1.165, 1.54) is 0 Å². The van der Waals surface area contributed by atoms with Gasteiger partial charge in [0.1, 0.15) is 6.54 Å². The van der Waals surface area contributed by atoms with E-state index in [0.717, 1.165) is 18.7 Å². The molecule has 0 aliphatic carbocycles. The van der Waals surface area contributed by atoms with Gasteiger partial charge in [0, 0.05) is 18.7 Å². The SMILES string of the molecule is CCOC(=O)CNc1cc(N2CCCC2=O)ccc1Cl. The van der Waals surface area contributed by atoms with Crippen molar-refractivity contribution in [2.24, 2.45) is 0 Å². The van der Waals surface area contributed by atoms with Gasteiger partial charge in [-0.25, -0.2) is 0 Å². The van der Waals surface area contributed by atoms with Gasteiger partial charge in [0.2, 0.25) is 5.91 Å². The molecule has 1 aliphatic heterocycles. The zero-order valence-electron chi connectivity index (χ0n) is 11.3. The highest BCUT2D eigenvalue weighted by atomic mass is 35.5. The molecule has 1 heterocycles. The molecule has 5 nitrogen and oxygen atoms in total. The van der Waals surface area contributed by atoms with Crippen LogP contribution in [0.2, 0.25) is 5.02 Å². The molecular formula is C14H17ClN2O3. The number of carbonyl (C=O) groups is 2. The van der Waals surface area contributed by atoms with Gasteiger partial charge in [-0.1, -0.05) is 11.6 Å². The minimum Gasteiger partial charge on any atom is -0.465 e. The van der Waals surface area contributed by atoms with Crippen molar-refractivity contribution in [3.63, 3.8) is 0 Å². The maximum Gasteiger partial charge on any atom is 0.325 e. The van der Waals surface area contributed by atoms with Crippen LogP contribution in [-0.4, -0.2) is 31.6 Å². The summed E-state index contributed by atoms with van der Waals surface area (Å²) < 4.78 is 4.84. The van der Waals surface area contributed by atoms with Crippen molar-refractivity contribution < 1.29 is 14.3 Å². The normalized spacial score (nSPS) is 14.5. The fourth-order valence-corrected chi connectivity index (χ4v) is 2.30. The Morgan fingerprint density at radius 3 is 2.95 bits per heavy atom. The first kappa shape index (κ1) is 14.7. The molecule has 0 spiro atoms. The van der Waals surface area contributed by atoms with E-state index >= 15 is 0 Å². The van der Waals surface area contributed by atoms with Gasteiger partial charge in [0.25, 0.3) is 0 Å². The largest absolute Gasteiger partial charge is 0.465 e. The van der Waals surface area contributed by atoms with Crippen molar-refractivity contribution in [2.75, 3.05) is 29.9 Å². The first-order chi connectivity index (χ1) is 9.61. The van der Waals surface area contributed by atoms with Crippen LogP contribution in [0.5, 0.6) is 0 Å². The van der Waals surface area contributed by atoms with Crippen molar-refractivity contribution in [1.82, 2.24) is 0 Å². The molecule has 0 unspecified atom stereocenters. The summed E-state index contributed by atoms with van der Waals surface area (Å²) >= 11 is 6.08. The molecule has 0 atom stereocenters. The number of esters is 1. The van der Waals surface area contributed by atoms with Crippen LogP contribution in [0, 0.1) is 0 Å². The Bertz CT molecular complexity index is 519. The van der Waals surface area contributed by atoms with E-state index in [2.05, 4.69) is 5.32 Å². The van der Waals surface area contributed by atoms with Crippen molar-refractivity contribution in [1.29, 1.82) is 0 Å². The van der Waals surface area contributed by atoms with E-state index in [9.17, 15) is 9.59 Å². The van der Waals surface area contributed by atoms with Gasteiger partial charge in [-0.05, 0) is 31.5 Å². The van der Waals surface area contributed by atoms with Crippen LogP contribution < -0.4 is 10.2 Å². The number of nitrogens with one attached hydrogen (secondary N) is 1. The number of anilines is 2. The number of halogens is 1. The van der Waals surface area contributed by atoms with Crippen LogP contribution in [0.25, 0.3) is 0 Å². The first-order valence-electron chi connectivity index (χ1n) is 6.61. The van der Waals surface area contributed by atoms with E-state index in [4.69, 9.17) is 16.3 Å². The predicted molar refractivity (Wildman–Crippen MR) is 78.2 cm³/mol. The van der Waals surface area contributed by atoms with Crippen LogP contribution in [0.1, 0.15) is 19.8 Å². The van der Waals surface area contributed by atoms with Crippen LogP contribution in [0.15, 0.2) is 18.2 Å². The maximum atomic E-state index is 11.7. The van der Waals surface area contributed by atoms with Gasteiger partial charge < -0.3 is 15.0 Å². The molecular weight excluding hydrogens is 280 g/mol. The predicted octanol–water partition coefficient (Wildman–Crippen LogP) is 2.44. The third-order valence-electron chi connectivity index (χ3n) is 3.06. The molecule has 6 heteroatoms. The summed E-state index contributed by atoms with van der Waals surface area (Å²) in [5, 5.41) is 3.44. The summed E-state index contributed by atoms with van der Waals surface area (Å²) in [6, 6.07) is 5.31. The van der Waals surface area contributed by atoms with E-state index in [1.807, 2.05) is 0 Å². The third-order valence-corrected chi connectivity index (χ3v) is 3.39. The van der Waals surface area contributed by atoms with Gasteiger partial charge in [-0.15, -0.1) is 0 Å². The van der Waals surface area contributed by atoms with Crippen LogP contribution in [0.4, 0.5) is 11.4 Å². The fraction of sp³-hybridized carbons (Fsp3) is 0.429. The molecule has 0 radical (unpaired) electrons. The van der Waals surface area contributed by atoms with Gasteiger partial charge in [-0.3, -0.25) is 9.59 Å². The summed E-state index contributed by atoms with van der Waals surface area (Å²) in [6.07, 6.45) is 1.45. The fourth-order valence-electron chi connectivity index (χ4n) is 2.12. The van der Waals surface area contributed by atoms with Crippen molar-refractivity contribution >= 4 is 34.9 Å². The Morgan fingerprint density at radius 1 is 1.50 bits per heavy atom. The van der Waals surface area contributed by atoms with E-state index in [0.29, 0.717) is 23.7 Å². The molecule has 1 N–H and O–H groups in total. The molecule has 0 bridgehead atoms. The first-order valence-corrected chi connectivity index (χ1v) is 6.99. The molecule has 108 valence electrons. The molecule has 1 amide bonds. The number of carbonyl (C=O) groups excluding carboxylic acids is 2. The van der Waals surface area contributed by atoms with Gasteiger partial charge >= 0.3 is 5.97 Å². The van der Waals surface area contributed by atoms with Gasteiger partial charge in [0.05, 0.1) is 17.3 Å². The molecule has 2 rings (SSSR count). The number of hydrogen-bond acceptors (Lipinski definition) is 4. The van der Waals surface area contributed by atoms with Gasteiger partial charge in [0.15, 0.2) is 0 Å². The molecule has 1 aliphatic rings. The molecule has 0 saturated carbocycles. The van der Waals surface area contributed by atoms with Crippen molar-refractivity contribution in [3.05, 3.63) is 23.2 Å². The Labute approximate surface area is 122 Å². The zero-order valence-corrected chi connectivity index (χ0v) is 12.1. The topological polar surface area (TPSA) is 58.6 Å². The number of hydrogen-bond donors (Lipinski definition) is 1. The highest BCUT2D eigenvalue weighted by molar-refractivity contribution is 6.33. The van der Waals surface area contributed by atoms with E-state index in [-0.39, 0.29) is 18.4 Å². The molecule has 1 aromatic rings. The minimum atomic E-state index is -0.341. The van der Waals surface area contributed by atoms with E-state index in [1.54, 1.807) is 30.0 Å². The highest BCUT2D eigenvalue weighted by Crippen LogP contribution is 2.29. The molecule has 1 aromatic carbocycles. The third kappa shape index (κ3) is 3.42. The molecule has 20 heavy (non-hydrogen) atoms. The lowest BCUT2D eigenvalue weighted by atomic mass is 10.2. The average molecular weight is 297 g/mol. The monoisotopic (exact) mass is 296 g/mol. The Kier molecular flexibility index (Phi) is 4.84. The smallest absolute Gasteiger partial charge is 0.325 e. The summed E-state index contributed by atoms with van der Waals surface area (Å²) in [4.78, 5) is 24.8. The Balaban J connectivity index is 2.08. The quantitative estimate of drug-likeness (QED) is 0.848. The number of benzene rings is 1. The molecule has 0 aromatic heterocycles. The lowest BCUT2D eigenvalue weighted by Gasteiger charge is -2.17. The second kappa shape index (κ2) is 6.61. The standard InChI is InChI=1S/C14H17ClN2O3/c1-2-20-14(19)9-16-12-8-10(5-6-11(12)15)17-7-3-4-13(17)18/h5-6,8,16H,2-4,7,9H2,1H3. The van der Waals surface area contributed by atoms with Crippen molar-refractivity contribution in [2.45, 2.75) is 19.8 Å². The Morgan fingerprint density at radius 2 is 2.30 bits per heavy atom. The van der Waals surface area contributed by atoms with Crippen LogP contribution in [-0.2, 0) is 14.3 Å². The lowest BCUT2D eigenvalue weighted by molar-refractivity contribution is -0.140. The molecule has 1 saturated heterocycles. The second-order valence-corrected chi connectivity index (χ2v) is 4.88. The van der Waals surface area contributed by atoms with E-state index < -0.39 is 0 Å². The zero-order chi connectivity index (χ0) is 14.5. The number of nitrogens with zero attached hydrogens (tertiary/aromatic N) is 1. The summed E-state index contributed by atoms with van der Waals surface area (Å²) in [5.41, 5.74) is 1.42. The lowest BCUT2D eigenvalue weighted by Crippen LogP contribution is -2.24. The summed E-state index contributed by atoms with van der Waals surface area (Å²) in [6.45, 7) is 2.86. The number of ether oxygens (including phenoxy) is 1. The average Bonchev–Trinajstić information content (AvgIpc) is 2.84. The molecule has 1 fully saturated rings.